The van der Waals surface area contributed by atoms with Gasteiger partial charge in [0.05, 0.1) is 56.3 Å². The van der Waals surface area contributed by atoms with Crippen molar-refractivity contribution in [3.8, 4) is 23.0 Å². The van der Waals surface area contributed by atoms with Gasteiger partial charge >= 0.3 is 12.1 Å². The molecule has 2 atom stereocenters. The number of rotatable bonds is 6. The Hall–Kier alpha value is -4.69. The number of Topliss-reactive ketones (excluding diaryl/α,β-unsaturated/α-hetero) is 1. The lowest BCUT2D eigenvalue weighted by Gasteiger charge is -2.34. The highest BCUT2D eigenvalue weighted by molar-refractivity contribution is 6.27. The molecule has 3 aliphatic heterocycles. The number of aromatic nitrogens is 1. The second kappa shape index (κ2) is 12.2. The highest BCUT2D eigenvalue weighted by Crippen LogP contribution is 2.49. The molecule has 47 heavy (non-hydrogen) atoms. The van der Waals surface area contributed by atoms with E-state index in [-0.39, 0.29) is 35.7 Å². The topological polar surface area (TPSA) is 152 Å². The molecule has 0 saturated carbocycles. The number of hydrogen-bond donors (Lipinski definition) is 2. The van der Waals surface area contributed by atoms with Gasteiger partial charge in [-0.3, -0.25) is 9.59 Å². The number of aromatic amines is 1. The van der Waals surface area contributed by atoms with Gasteiger partial charge in [-0.2, -0.15) is 0 Å². The summed E-state index contributed by atoms with van der Waals surface area (Å²) in [5.74, 6) is -0.727. The number of fused-ring (bicyclic) bond motifs is 4. The van der Waals surface area contributed by atoms with Crippen LogP contribution >= 0.6 is 11.6 Å². The minimum atomic E-state index is -1.79. The lowest BCUT2D eigenvalue weighted by Crippen LogP contribution is -2.48. The Morgan fingerprint density at radius 1 is 0.957 bits per heavy atom. The summed E-state index contributed by atoms with van der Waals surface area (Å²) in [5.41, 5.74) is -0.0219. The number of H-pyrrole nitrogens is 1. The highest BCUT2D eigenvalue weighted by atomic mass is 35.5. The number of halogens is 1. The summed E-state index contributed by atoms with van der Waals surface area (Å²) < 4.78 is 27.5. The number of hydrogen-bond acceptors (Lipinski definition) is 11. The molecule has 250 valence electrons. The van der Waals surface area contributed by atoms with Crippen molar-refractivity contribution in [1.29, 1.82) is 0 Å². The van der Waals surface area contributed by atoms with E-state index in [4.69, 9.17) is 35.3 Å². The van der Waals surface area contributed by atoms with Crippen LogP contribution in [-0.2, 0) is 16.0 Å². The summed E-state index contributed by atoms with van der Waals surface area (Å²) in [6.45, 7) is 3.73. The van der Waals surface area contributed by atoms with Crippen LogP contribution in [0.25, 0.3) is 10.9 Å². The van der Waals surface area contributed by atoms with E-state index >= 15 is 0 Å². The molecule has 2 amide bonds. The number of carbonyl (C=O) groups is 4. The molecule has 1 fully saturated rings. The lowest BCUT2D eigenvalue weighted by molar-refractivity contribution is -0.143. The van der Waals surface area contributed by atoms with Crippen molar-refractivity contribution in [2.45, 2.75) is 24.3 Å². The monoisotopic (exact) mass is 669 g/mol. The number of benzene rings is 2. The van der Waals surface area contributed by atoms with Crippen LogP contribution in [0.5, 0.6) is 23.0 Å². The van der Waals surface area contributed by atoms with Gasteiger partial charge in [-0.25, -0.2) is 9.59 Å². The van der Waals surface area contributed by atoms with E-state index in [1.165, 1.54) is 40.3 Å². The molecule has 3 aliphatic rings. The molecular formula is C32H36ClN5O9. The summed E-state index contributed by atoms with van der Waals surface area (Å²) in [4.78, 5) is 62.8. The normalized spacial score (nSPS) is 20.7. The minimum absolute atomic E-state index is 0.00210. The van der Waals surface area contributed by atoms with Gasteiger partial charge in [0, 0.05) is 44.2 Å². The van der Waals surface area contributed by atoms with Gasteiger partial charge in [0.1, 0.15) is 5.69 Å². The van der Waals surface area contributed by atoms with Crippen molar-refractivity contribution < 1.29 is 42.9 Å². The molecule has 0 aliphatic carbocycles. The zero-order chi connectivity index (χ0) is 33.8. The maximum Gasteiger partial charge on any atom is 0.415 e. The maximum atomic E-state index is 14.3. The van der Waals surface area contributed by atoms with Gasteiger partial charge in [0.15, 0.2) is 22.8 Å². The standard InChI is InChI=1S/C32H36ClN5O9/c1-32(30(41)46-6)28(39)23-18-13-17(33)15-38(20(18)14-21(25(23)35-32)47-31(42)37-9-7-36(2)8-10-37)29(40)19-11-16-12-22(43-3)26(44-4)27(45-5)24(16)34-19/h11-12,14,17,34-35H,7-10,13,15H2,1-6H3. The van der Waals surface area contributed by atoms with Gasteiger partial charge in [-0.1, -0.05) is 0 Å². The predicted octanol–water partition coefficient (Wildman–Crippen LogP) is 3.29. The maximum absolute atomic E-state index is 14.3. The van der Waals surface area contributed by atoms with Crippen molar-refractivity contribution in [2.24, 2.45) is 0 Å². The van der Waals surface area contributed by atoms with Crippen molar-refractivity contribution >= 4 is 57.6 Å². The van der Waals surface area contributed by atoms with E-state index in [2.05, 4.69) is 15.2 Å². The number of anilines is 2. The average Bonchev–Trinajstić information content (AvgIpc) is 3.62. The molecule has 14 nitrogen and oxygen atoms in total. The third-order valence-electron chi connectivity index (χ3n) is 8.98. The number of ketones is 1. The Bertz CT molecular complexity index is 1800. The second-order valence-corrected chi connectivity index (χ2v) is 12.5. The van der Waals surface area contributed by atoms with Crippen LogP contribution in [0.1, 0.15) is 33.3 Å². The summed E-state index contributed by atoms with van der Waals surface area (Å²) in [6.07, 6.45) is -0.398. The van der Waals surface area contributed by atoms with E-state index in [0.717, 1.165) is 0 Å². The molecule has 3 aromatic rings. The number of methoxy groups -OCH3 is 4. The number of carbonyl (C=O) groups excluding carboxylic acids is 4. The number of piperazine rings is 1. The fourth-order valence-corrected chi connectivity index (χ4v) is 6.71. The molecule has 1 saturated heterocycles. The molecule has 15 heteroatoms. The fraction of sp³-hybridized carbons (Fsp3) is 0.438. The zero-order valence-corrected chi connectivity index (χ0v) is 27.7. The smallest absolute Gasteiger partial charge is 0.415 e. The Morgan fingerprint density at radius 2 is 1.66 bits per heavy atom. The molecule has 0 spiro atoms. The Balaban J connectivity index is 1.47. The second-order valence-electron chi connectivity index (χ2n) is 11.9. The van der Waals surface area contributed by atoms with Gasteiger partial charge in [0.2, 0.25) is 11.5 Å². The van der Waals surface area contributed by atoms with Crippen molar-refractivity contribution in [3.05, 3.63) is 35.0 Å². The Morgan fingerprint density at radius 3 is 2.30 bits per heavy atom. The van der Waals surface area contributed by atoms with Crippen molar-refractivity contribution in [1.82, 2.24) is 14.8 Å². The van der Waals surface area contributed by atoms with E-state index < -0.39 is 34.7 Å². The van der Waals surface area contributed by atoms with Crippen LogP contribution in [0, 0.1) is 0 Å². The number of likely N-dealkylation sites (N-methyl/N-ethyl adjacent to an activating group) is 1. The highest BCUT2D eigenvalue weighted by Gasteiger charge is 2.52. The first-order valence-electron chi connectivity index (χ1n) is 15.0. The molecule has 0 bridgehead atoms. The summed E-state index contributed by atoms with van der Waals surface area (Å²) in [6, 6.07) is 4.92. The Labute approximate surface area is 275 Å². The predicted molar refractivity (Wildman–Crippen MR) is 173 cm³/mol. The number of alkyl halides is 1. The van der Waals surface area contributed by atoms with Gasteiger partial charge in [-0.15, -0.1) is 11.6 Å². The van der Waals surface area contributed by atoms with E-state index in [1.54, 1.807) is 23.1 Å². The molecule has 1 aromatic heterocycles. The van der Waals surface area contributed by atoms with Crippen LogP contribution in [0.15, 0.2) is 18.2 Å². The van der Waals surface area contributed by atoms with Crippen LogP contribution in [-0.4, -0.2) is 118 Å². The summed E-state index contributed by atoms with van der Waals surface area (Å²) in [5, 5.41) is 3.02. The molecule has 2 aromatic carbocycles. The van der Waals surface area contributed by atoms with E-state index in [0.29, 0.717) is 65.6 Å². The number of nitrogens with one attached hydrogen (secondary N) is 2. The molecule has 0 radical (unpaired) electrons. The molecule has 2 N–H and O–H groups in total. The summed E-state index contributed by atoms with van der Waals surface area (Å²) in [7, 11) is 7.62. The SMILES string of the molecule is COC(=O)C1(C)Nc2c(OC(=O)N3CCN(C)CC3)cc3c(c2C1=O)CC(Cl)CN3C(=O)c1cc2cc(OC)c(OC)c(OC)c2[nH]1. The average molecular weight is 670 g/mol. The van der Waals surface area contributed by atoms with Gasteiger partial charge in [0.25, 0.3) is 5.91 Å². The first-order chi connectivity index (χ1) is 22.4. The van der Waals surface area contributed by atoms with Gasteiger partial charge < -0.3 is 48.7 Å². The van der Waals surface area contributed by atoms with E-state index in [1.807, 2.05) is 7.05 Å². The van der Waals surface area contributed by atoms with Crippen LogP contribution in [0.3, 0.4) is 0 Å². The van der Waals surface area contributed by atoms with Crippen molar-refractivity contribution in [2.75, 3.05) is 78.4 Å². The fourth-order valence-electron chi connectivity index (χ4n) is 6.42. The first kappa shape index (κ1) is 32.3. The largest absolute Gasteiger partial charge is 0.493 e. The van der Waals surface area contributed by atoms with E-state index in [9.17, 15) is 19.2 Å². The first-order valence-corrected chi connectivity index (χ1v) is 15.4. The zero-order valence-electron chi connectivity index (χ0n) is 26.9. The molecule has 2 unspecified atom stereocenters. The number of ether oxygens (including phenoxy) is 5. The third-order valence-corrected chi connectivity index (χ3v) is 9.27. The lowest BCUT2D eigenvalue weighted by atomic mass is 9.88. The quantitative estimate of drug-likeness (QED) is 0.226. The number of nitrogens with zero attached hydrogens (tertiary/aromatic N) is 3. The molecular weight excluding hydrogens is 634 g/mol. The van der Waals surface area contributed by atoms with Crippen molar-refractivity contribution in [3.63, 3.8) is 0 Å². The number of esters is 1. The number of amides is 2. The van der Waals surface area contributed by atoms with Crippen LogP contribution in [0.4, 0.5) is 16.2 Å². The Kier molecular flexibility index (Phi) is 8.34. The molecule has 6 rings (SSSR count). The summed E-state index contributed by atoms with van der Waals surface area (Å²) >= 11 is 6.75. The van der Waals surface area contributed by atoms with Crippen LogP contribution in [0.2, 0.25) is 0 Å². The van der Waals surface area contributed by atoms with Crippen LogP contribution < -0.4 is 29.2 Å². The van der Waals surface area contributed by atoms with Gasteiger partial charge in [-0.05, 0) is 38.1 Å². The minimum Gasteiger partial charge on any atom is -0.493 e. The molecule has 4 heterocycles. The third kappa shape index (κ3) is 5.25.